The van der Waals surface area contributed by atoms with Crippen LogP contribution in [-0.2, 0) is 0 Å². The van der Waals surface area contributed by atoms with E-state index in [4.69, 9.17) is 4.74 Å². The van der Waals surface area contributed by atoms with Crippen LogP contribution in [0.15, 0.2) is 67.0 Å². The first-order valence-corrected chi connectivity index (χ1v) is 5.94. The van der Waals surface area contributed by atoms with Crippen molar-refractivity contribution in [3.8, 4) is 5.75 Å². The van der Waals surface area contributed by atoms with Crippen LogP contribution in [0.4, 0.5) is 0 Å². The smallest absolute Gasteiger partial charge is 0.344 e. The topological polar surface area (TPSA) is 39.2 Å². The summed E-state index contributed by atoms with van der Waals surface area (Å²) in [7, 11) is 0. The molecule has 0 aliphatic rings. The summed E-state index contributed by atoms with van der Waals surface area (Å²) in [6.45, 7) is 0. The molecule has 3 rings (SSSR count). The Hall–Kier alpha value is -2.68. The lowest BCUT2D eigenvalue weighted by Crippen LogP contribution is -2.08. The maximum absolute atomic E-state index is 12.2. The lowest BCUT2D eigenvalue weighted by Gasteiger charge is -2.06. The van der Waals surface area contributed by atoms with Crippen molar-refractivity contribution in [1.29, 1.82) is 0 Å². The molecule has 0 radical (unpaired) electrons. The molecular weight excluding hydrogens is 238 g/mol. The number of benzene rings is 2. The minimum atomic E-state index is -0.358. The summed E-state index contributed by atoms with van der Waals surface area (Å²) in [6, 6.07) is 16.6. The van der Waals surface area contributed by atoms with Crippen molar-refractivity contribution in [1.82, 2.24) is 4.98 Å². The van der Waals surface area contributed by atoms with Crippen molar-refractivity contribution >= 4 is 16.7 Å². The quantitative estimate of drug-likeness (QED) is 0.653. The molecule has 0 atom stereocenters. The van der Waals surface area contributed by atoms with Crippen LogP contribution in [0.1, 0.15) is 10.4 Å². The van der Waals surface area contributed by atoms with Crippen LogP contribution in [0.3, 0.4) is 0 Å². The molecule has 0 unspecified atom stereocenters. The lowest BCUT2D eigenvalue weighted by atomic mass is 10.1. The van der Waals surface area contributed by atoms with E-state index in [0.29, 0.717) is 11.3 Å². The second-order valence-corrected chi connectivity index (χ2v) is 4.10. The van der Waals surface area contributed by atoms with E-state index in [1.165, 1.54) is 0 Å². The predicted molar refractivity (Wildman–Crippen MR) is 73.1 cm³/mol. The third-order valence-corrected chi connectivity index (χ3v) is 2.87. The van der Waals surface area contributed by atoms with Gasteiger partial charge in [0, 0.05) is 12.4 Å². The average Bonchev–Trinajstić information content (AvgIpc) is 2.47. The third kappa shape index (κ3) is 2.31. The van der Waals surface area contributed by atoms with Gasteiger partial charge in [-0.3, -0.25) is 4.98 Å². The fourth-order valence-electron chi connectivity index (χ4n) is 1.97. The standard InChI is InChI=1S/C16H11NO2/c18-16(19-13-8-10-17-11-9-13)15-7-3-5-12-4-1-2-6-14(12)15/h1-11H. The molecule has 1 aromatic heterocycles. The fourth-order valence-corrected chi connectivity index (χ4v) is 1.97. The number of carbonyl (C=O) groups excluding carboxylic acids is 1. The Morgan fingerprint density at radius 1 is 0.895 bits per heavy atom. The molecule has 3 nitrogen and oxygen atoms in total. The van der Waals surface area contributed by atoms with Crippen LogP contribution in [0.5, 0.6) is 5.75 Å². The molecule has 0 bridgehead atoms. The molecule has 0 amide bonds. The van der Waals surface area contributed by atoms with E-state index in [2.05, 4.69) is 4.98 Å². The normalized spacial score (nSPS) is 10.3. The Labute approximate surface area is 110 Å². The average molecular weight is 249 g/mol. The van der Waals surface area contributed by atoms with Gasteiger partial charge in [0.15, 0.2) is 0 Å². The summed E-state index contributed by atoms with van der Waals surface area (Å²) in [6.07, 6.45) is 3.18. The highest BCUT2D eigenvalue weighted by Gasteiger charge is 2.11. The number of carbonyl (C=O) groups is 1. The molecule has 0 aliphatic heterocycles. The summed E-state index contributed by atoms with van der Waals surface area (Å²) in [5.74, 6) is 0.135. The Bertz CT molecular complexity index is 718. The number of aromatic nitrogens is 1. The minimum absolute atomic E-state index is 0.358. The molecule has 92 valence electrons. The monoisotopic (exact) mass is 249 g/mol. The highest BCUT2D eigenvalue weighted by molar-refractivity contribution is 6.05. The number of fused-ring (bicyclic) bond motifs is 1. The first kappa shape index (κ1) is 11.4. The van der Waals surface area contributed by atoms with E-state index in [1.807, 2.05) is 36.4 Å². The molecule has 3 aromatic rings. The molecule has 19 heavy (non-hydrogen) atoms. The third-order valence-electron chi connectivity index (χ3n) is 2.87. The molecular formula is C16H11NO2. The Kier molecular flexibility index (Phi) is 2.94. The zero-order valence-corrected chi connectivity index (χ0v) is 10.1. The predicted octanol–water partition coefficient (Wildman–Crippen LogP) is 3.45. The van der Waals surface area contributed by atoms with Crippen LogP contribution in [0, 0.1) is 0 Å². The molecule has 2 aromatic carbocycles. The van der Waals surface area contributed by atoms with Gasteiger partial charge in [-0.1, -0.05) is 36.4 Å². The molecule has 3 heteroatoms. The van der Waals surface area contributed by atoms with Crippen molar-refractivity contribution in [2.45, 2.75) is 0 Å². The molecule has 0 N–H and O–H groups in total. The summed E-state index contributed by atoms with van der Waals surface area (Å²) < 4.78 is 5.33. The number of hydrogen-bond donors (Lipinski definition) is 0. The van der Waals surface area contributed by atoms with E-state index < -0.39 is 0 Å². The minimum Gasteiger partial charge on any atom is -0.423 e. The summed E-state index contributed by atoms with van der Waals surface area (Å²) in [5, 5.41) is 1.91. The van der Waals surface area contributed by atoms with Crippen LogP contribution in [-0.4, -0.2) is 11.0 Å². The Morgan fingerprint density at radius 2 is 1.63 bits per heavy atom. The van der Waals surface area contributed by atoms with Gasteiger partial charge in [0.05, 0.1) is 5.56 Å². The van der Waals surface area contributed by atoms with Crippen LogP contribution in [0.2, 0.25) is 0 Å². The van der Waals surface area contributed by atoms with Crippen molar-refractivity contribution in [2.24, 2.45) is 0 Å². The number of hydrogen-bond acceptors (Lipinski definition) is 3. The van der Waals surface area contributed by atoms with Crippen molar-refractivity contribution in [3.05, 3.63) is 72.6 Å². The van der Waals surface area contributed by atoms with Gasteiger partial charge in [-0.25, -0.2) is 4.79 Å². The number of pyridine rings is 1. The maximum Gasteiger partial charge on any atom is 0.344 e. The zero-order valence-electron chi connectivity index (χ0n) is 10.1. The largest absolute Gasteiger partial charge is 0.423 e. The van der Waals surface area contributed by atoms with Crippen LogP contribution in [0.25, 0.3) is 10.8 Å². The van der Waals surface area contributed by atoms with Gasteiger partial charge in [0.1, 0.15) is 5.75 Å². The van der Waals surface area contributed by atoms with E-state index >= 15 is 0 Å². The molecule has 0 fully saturated rings. The van der Waals surface area contributed by atoms with Gasteiger partial charge >= 0.3 is 5.97 Å². The van der Waals surface area contributed by atoms with E-state index in [9.17, 15) is 4.79 Å². The van der Waals surface area contributed by atoms with Crippen molar-refractivity contribution < 1.29 is 9.53 Å². The summed E-state index contributed by atoms with van der Waals surface area (Å²) in [4.78, 5) is 16.1. The van der Waals surface area contributed by atoms with Gasteiger partial charge in [0.2, 0.25) is 0 Å². The van der Waals surface area contributed by atoms with Crippen LogP contribution < -0.4 is 4.74 Å². The Morgan fingerprint density at radius 3 is 2.47 bits per heavy atom. The van der Waals surface area contributed by atoms with Gasteiger partial charge in [-0.05, 0) is 29.0 Å². The van der Waals surface area contributed by atoms with Crippen molar-refractivity contribution in [2.75, 3.05) is 0 Å². The number of rotatable bonds is 2. The fraction of sp³-hybridized carbons (Fsp3) is 0. The molecule has 0 saturated heterocycles. The molecule has 0 aliphatic carbocycles. The van der Waals surface area contributed by atoms with E-state index in [-0.39, 0.29) is 5.97 Å². The second kappa shape index (κ2) is 4.90. The summed E-state index contributed by atoms with van der Waals surface area (Å²) in [5.41, 5.74) is 0.565. The number of ether oxygens (including phenoxy) is 1. The lowest BCUT2D eigenvalue weighted by molar-refractivity contribution is 0.0736. The second-order valence-electron chi connectivity index (χ2n) is 4.10. The van der Waals surface area contributed by atoms with E-state index in [1.54, 1.807) is 30.6 Å². The highest BCUT2D eigenvalue weighted by atomic mass is 16.5. The van der Waals surface area contributed by atoms with E-state index in [0.717, 1.165) is 10.8 Å². The summed E-state index contributed by atoms with van der Waals surface area (Å²) >= 11 is 0. The molecule has 0 spiro atoms. The molecule has 1 heterocycles. The van der Waals surface area contributed by atoms with Gasteiger partial charge in [-0.2, -0.15) is 0 Å². The number of esters is 1. The van der Waals surface area contributed by atoms with Gasteiger partial charge in [0.25, 0.3) is 0 Å². The molecule has 0 saturated carbocycles. The zero-order chi connectivity index (χ0) is 13.1. The first-order chi connectivity index (χ1) is 9.34. The maximum atomic E-state index is 12.2. The van der Waals surface area contributed by atoms with Crippen LogP contribution >= 0.6 is 0 Å². The van der Waals surface area contributed by atoms with Crippen molar-refractivity contribution in [3.63, 3.8) is 0 Å². The number of nitrogens with zero attached hydrogens (tertiary/aromatic N) is 1. The highest BCUT2D eigenvalue weighted by Crippen LogP contribution is 2.20. The van der Waals surface area contributed by atoms with Gasteiger partial charge < -0.3 is 4.74 Å². The van der Waals surface area contributed by atoms with Gasteiger partial charge in [-0.15, -0.1) is 0 Å². The first-order valence-electron chi connectivity index (χ1n) is 5.94. The Balaban J connectivity index is 1.98. The SMILES string of the molecule is O=C(Oc1ccncc1)c1cccc2ccccc12.